The minimum atomic E-state index is -0.151. The lowest BCUT2D eigenvalue weighted by Gasteiger charge is -2.12. The van der Waals surface area contributed by atoms with Gasteiger partial charge in [-0.3, -0.25) is 10.1 Å². The molecule has 0 spiro atoms. The van der Waals surface area contributed by atoms with Gasteiger partial charge in [-0.15, -0.1) is 11.8 Å². The molecule has 2 N–H and O–H groups in total. The van der Waals surface area contributed by atoms with Gasteiger partial charge < -0.3 is 10.1 Å². The highest BCUT2D eigenvalue weighted by molar-refractivity contribution is 7.99. The summed E-state index contributed by atoms with van der Waals surface area (Å²) in [4.78, 5) is 11.9. The summed E-state index contributed by atoms with van der Waals surface area (Å²) in [5, 5.41) is 6.41. The molecule has 0 bridgehead atoms. The third-order valence-corrected chi connectivity index (χ3v) is 3.73. The molecule has 1 aliphatic heterocycles. The second-order valence-electron chi connectivity index (χ2n) is 3.61. The Morgan fingerprint density at radius 2 is 2.47 bits per heavy atom. The number of amides is 1. The lowest BCUT2D eigenvalue weighted by molar-refractivity contribution is -0.117. The molecule has 1 unspecified atom stereocenters. The van der Waals surface area contributed by atoms with Crippen LogP contribution in [0.25, 0.3) is 0 Å². The first kappa shape index (κ1) is 12.5. The summed E-state index contributed by atoms with van der Waals surface area (Å²) in [6.45, 7) is 0. The number of hydrogen-bond acceptors (Lipinski definition) is 4. The van der Waals surface area contributed by atoms with Crippen molar-refractivity contribution < 1.29 is 9.53 Å². The summed E-state index contributed by atoms with van der Waals surface area (Å²) in [6, 6.07) is 5.01. The Kier molecular flexibility index (Phi) is 4.15. The minimum Gasteiger partial charge on any atom is -0.497 e. The average Bonchev–Trinajstić information content (AvgIpc) is 2.85. The zero-order valence-electron chi connectivity index (χ0n) is 9.33. The SMILES string of the molecule is COc1ccc(Cl)c(NC(=O)C2CSCN2)c1. The van der Waals surface area contributed by atoms with Crippen molar-refractivity contribution in [1.82, 2.24) is 5.32 Å². The number of nitrogens with one attached hydrogen (secondary N) is 2. The van der Waals surface area contributed by atoms with E-state index >= 15 is 0 Å². The van der Waals surface area contributed by atoms with Crippen LogP contribution in [0.15, 0.2) is 18.2 Å². The van der Waals surface area contributed by atoms with Crippen molar-refractivity contribution in [1.29, 1.82) is 0 Å². The maximum atomic E-state index is 11.9. The monoisotopic (exact) mass is 272 g/mol. The predicted molar refractivity (Wildman–Crippen MR) is 70.9 cm³/mol. The molecule has 6 heteroatoms. The van der Waals surface area contributed by atoms with Crippen molar-refractivity contribution in [2.45, 2.75) is 6.04 Å². The van der Waals surface area contributed by atoms with Gasteiger partial charge in [-0.05, 0) is 12.1 Å². The number of halogens is 1. The van der Waals surface area contributed by atoms with Gasteiger partial charge in [-0.1, -0.05) is 11.6 Å². The van der Waals surface area contributed by atoms with E-state index in [-0.39, 0.29) is 11.9 Å². The summed E-state index contributed by atoms with van der Waals surface area (Å²) in [6.07, 6.45) is 0. The molecular weight excluding hydrogens is 260 g/mol. The highest BCUT2D eigenvalue weighted by Gasteiger charge is 2.23. The van der Waals surface area contributed by atoms with E-state index in [1.54, 1.807) is 37.1 Å². The number of ether oxygens (including phenoxy) is 1. The summed E-state index contributed by atoms with van der Waals surface area (Å²) >= 11 is 7.71. The van der Waals surface area contributed by atoms with E-state index < -0.39 is 0 Å². The molecule has 1 aromatic rings. The second-order valence-corrected chi connectivity index (χ2v) is 5.04. The molecule has 0 aliphatic carbocycles. The highest BCUT2D eigenvalue weighted by Crippen LogP contribution is 2.27. The normalized spacial score (nSPS) is 19.1. The first-order valence-electron chi connectivity index (χ1n) is 5.16. The van der Waals surface area contributed by atoms with Gasteiger partial charge in [0.25, 0.3) is 0 Å². The molecule has 1 amide bonds. The van der Waals surface area contributed by atoms with E-state index in [4.69, 9.17) is 16.3 Å². The summed E-state index contributed by atoms with van der Waals surface area (Å²) in [7, 11) is 1.57. The topological polar surface area (TPSA) is 50.4 Å². The zero-order valence-corrected chi connectivity index (χ0v) is 10.9. The van der Waals surface area contributed by atoms with Crippen LogP contribution in [0.2, 0.25) is 5.02 Å². The van der Waals surface area contributed by atoms with Gasteiger partial charge in [0, 0.05) is 17.7 Å². The predicted octanol–water partition coefficient (Wildman–Crippen LogP) is 1.95. The van der Waals surface area contributed by atoms with Crippen LogP contribution in [0.3, 0.4) is 0 Å². The number of hydrogen-bond donors (Lipinski definition) is 2. The number of carbonyl (C=O) groups excluding carboxylic acids is 1. The Morgan fingerprint density at radius 1 is 1.65 bits per heavy atom. The van der Waals surface area contributed by atoms with Gasteiger partial charge in [-0.2, -0.15) is 0 Å². The van der Waals surface area contributed by atoms with Gasteiger partial charge in [0.2, 0.25) is 5.91 Å². The molecule has 0 saturated carbocycles. The van der Waals surface area contributed by atoms with E-state index in [1.807, 2.05) is 0 Å². The molecule has 1 aliphatic rings. The number of methoxy groups -OCH3 is 1. The molecule has 1 atom stereocenters. The fourth-order valence-corrected chi connectivity index (χ4v) is 2.62. The van der Waals surface area contributed by atoms with Crippen LogP contribution in [-0.4, -0.2) is 30.7 Å². The van der Waals surface area contributed by atoms with Crippen LogP contribution >= 0.6 is 23.4 Å². The van der Waals surface area contributed by atoms with E-state index in [1.165, 1.54) is 0 Å². The molecule has 2 rings (SSSR count). The Labute approximate surface area is 109 Å². The van der Waals surface area contributed by atoms with Gasteiger partial charge in [0.1, 0.15) is 5.75 Å². The molecular formula is C11H13ClN2O2S. The number of carbonyl (C=O) groups is 1. The van der Waals surface area contributed by atoms with E-state index in [2.05, 4.69) is 10.6 Å². The lowest BCUT2D eigenvalue weighted by atomic mass is 10.2. The van der Waals surface area contributed by atoms with Crippen LogP contribution in [0.1, 0.15) is 0 Å². The van der Waals surface area contributed by atoms with Crippen molar-refractivity contribution in [2.75, 3.05) is 24.1 Å². The van der Waals surface area contributed by atoms with Crippen LogP contribution in [0, 0.1) is 0 Å². The number of thioether (sulfide) groups is 1. The van der Waals surface area contributed by atoms with Gasteiger partial charge in [-0.25, -0.2) is 0 Å². The highest BCUT2D eigenvalue weighted by atomic mass is 35.5. The third kappa shape index (κ3) is 3.06. The number of anilines is 1. The Balaban J connectivity index is 2.09. The van der Waals surface area contributed by atoms with Crippen molar-refractivity contribution in [3.63, 3.8) is 0 Å². The lowest BCUT2D eigenvalue weighted by Crippen LogP contribution is -2.37. The van der Waals surface area contributed by atoms with Crippen LogP contribution in [0.5, 0.6) is 5.75 Å². The standard InChI is InChI=1S/C11H13ClN2O2S/c1-16-7-2-3-8(12)9(4-7)14-11(15)10-5-17-6-13-10/h2-4,10,13H,5-6H2,1H3,(H,14,15). The third-order valence-electron chi connectivity index (χ3n) is 2.46. The van der Waals surface area contributed by atoms with Crippen molar-refractivity contribution in [3.8, 4) is 5.75 Å². The molecule has 17 heavy (non-hydrogen) atoms. The average molecular weight is 273 g/mol. The zero-order chi connectivity index (χ0) is 12.3. The minimum absolute atomic E-state index is 0.0647. The summed E-state index contributed by atoms with van der Waals surface area (Å²) < 4.78 is 5.09. The van der Waals surface area contributed by atoms with Crippen LogP contribution in [0.4, 0.5) is 5.69 Å². The molecule has 92 valence electrons. The number of benzene rings is 1. The van der Waals surface area contributed by atoms with E-state index in [0.717, 1.165) is 11.6 Å². The molecule has 4 nitrogen and oxygen atoms in total. The first-order chi connectivity index (χ1) is 8.20. The maximum absolute atomic E-state index is 11.9. The number of rotatable bonds is 3. The van der Waals surface area contributed by atoms with Crippen molar-refractivity contribution in [2.24, 2.45) is 0 Å². The molecule has 1 aromatic carbocycles. The molecule has 1 fully saturated rings. The van der Waals surface area contributed by atoms with Crippen molar-refractivity contribution in [3.05, 3.63) is 23.2 Å². The Bertz CT molecular complexity index is 422. The largest absolute Gasteiger partial charge is 0.497 e. The van der Waals surface area contributed by atoms with Gasteiger partial charge in [0.15, 0.2) is 0 Å². The first-order valence-corrected chi connectivity index (χ1v) is 6.69. The van der Waals surface area contributed by atoms with Gasteiger partial charge >= 0.3 is 0 Å². The summed E-state index contributed by atoms with van der Waals surface area (Å²) in [5.41, 5.74) is 0.578. The summed E-state index contributed by atoms with van der Waals surface area (Å²) in [5.74, 6) is 2.20. The fraction of sp³-hybridized carbons (Fsp3) is 0.364. The Hall–Kier alpha value is -0.910. The molecule has 1 saturated heterocycles. The van der Waals surface area contributed by atoms with Crippen molar-refractivity contribution >= 4 is 35.0 Å². The molecule has 1 heterocycles. The molecule has 0 aromatic heterocycles. The van der Waals surface area contributed by atoms with E-state index in [0.29, 0.717) is 16.5 Å². The van der Waals surface area contributed by atoms with Gasteiger partial charge in [0.05, 0.1) is 23.9 Å². The quantitative estimate of drug-likeness (QED) is 0.883. The van der Waals surface area contributed by atoms with E-state index in [9.17, 15) is 4.79 Å². The van der Waals surface area contributed by atoms with Crippen LogP contribution < -0.4 is 15.4 Å². The smallest absolute Gasteiger partial charge is 0.242 e. The van der Waals surface area contributed by atoms with Crippen LogP contribution in [-0.2, 0) is 4.79 Å². The molecule has 0 radical (unpaired) electrons. The Morgan fingerprint density at radius 3 is 3.12 bits per heavy atom. The fourth-order valence-electron chi connectivity index (χ4n) is 1.51. The maximum Gasteiger partial charge on any atom is 0.242 e. The second kappa shape index (κ2) is 5.62.